The third kappa shape index (κ3) is 2.29. The molecule has 2 heteroatoms. The fourth-order valence-corrected chi connectivity index (χ4v) is 2.04. The number of benzene rings is 2. The van der Waals surface area contributed by atoms with Crippen molar-refractivity contribution in [3.63, 3.8) is 0 Å². The molecule has 0 aliphatic carbocycles. The Morgan fingerprint density at radius 1 is 0.944 bits per heavy atom. The Morgan fingerprint density at radius 2 is 1.61 bits per heavy atom. The van der Waals surface area contributed by atoms with Crippen LogP contribution in [0.5, 0.6) is 0 Å². The van der Waals surface area contributed by atoms with Crippen LogP contribution in [0.1, 0.15) is 29.2 Å². The van der Waals surface area contributed by atoms with Gasteiger partial charge in [0.1, 0.15) is 5.82 Å². The average molecular weight is 243 g/mol. The number of nitrogens with two attached hydrogens (primary N) is 1. The Morgan fingerprint density at radius 3 is 2.22 bits per heavy atom. The highest BCUT2D eigenvalue weighted by molar-refractivity contribution is 5.40. The van der Waals surface area contributed by atoms with E-state index in [9.17, 15) is 4.39 Å². The molecule has 0 aliphatic rings. The summed E-state index contributed by atoms with van der Waals surface area (Å²) in [6.07, 6.45) is 0. The second kappa shape index (κ2) is 4.54. The quantitative estimate of drug-likeness (QED) is 0.855. The summed E-state index contributed by atoms with van der Waals surface area (Å²) in [5.41, 5.74) is 9.91. The highest BCUT2D eigenvalue weighted by atomic mass is 19.1. The van der Waals surface area contributed by atoms with Crippen molar-refractivity contribution in [2.45, 2.75) is 26.3 Å². The highest BCUT2D eigenvalue weighted by Crippen LogP contribution is 2.28. The maximum absolute atomic E-state index is 13.3. The summed E-state index contributed by atoms with van der Waals surface area (Å²) in [6.45, 7) is 6.03. The Bertz CT molecular complexity index is 573. The Kier molecular flexibility index (Phi) is 3.22. The normalized spacial score (nSPS) is 14.3. The van der Waals surface area contributed by atoms with Crippen LogP contribution >= 0.6 is 0 Å². The molecular formula is C16H18FN. The van der Waals surface area contributed by atoms with Crippen LogP contribution in [0.25, 0.3) is 0 Å². The van der Waals surface area contributed by atoms with Crippen molar-refractivity contribution in [1.82, 2.24) is 0 Å². The summed E-state index contributed by atoms with van der Waals surface area (Å²) in [7, 11) is 0. The third-order valence-corrected chi connectivity index (χ3v) is 3.53. The van der Waals surface area contributed by atoms with E-state index in [2.05, 4.69) is 26.0 Å². The molecule has 0 saturated heterocycles. The zero-order valence-corrected chi connectivity index (χ0v) is 11.0. The third-order valence-electron chi connectivity index (χ3n) is 3.53. The zero-order chi connectivity index (χ0) is 13.3. The lowest BCUT2D eigenvalue weighted by molar-refractivity contribution is 0.581. The molecule has 0 amide bonds. The first-order chi connectivity index (χ1) is 8.41. The predicted molar refractivity (Wildman–Crippen MR) is 73.0 cm³/mol. The van der Waals surface area contributed by atoms with Crippen molar-refractivity contribution in [2.24, 2.45) is 5.73 Å². The van der Waals surface area contributed by atoms with Crippen LogP contribution in [0.15, 0.2) is 42.5 Å². The van der Waals surface area contributed by atoms with Gasteiger partial charge in [-0.3, -0.25) is 0 Å². The molecule has 2 rings (SSSR count). The fraction of sp³-hybridized carbons (Fsp3) is 0.250. The molecule has 2 N–H and O–H groups in total. The van der Waals surface area contributed by atoms with E-state index >= 15 is 0 Å². The van der Waals surface area contributed by atoms with Crippen molar-refractivity contribution >= 4 is 0 Å². The second-order valence-electron chi connectivity index (χ2n) is 5.01. The van der Waals surface area contributed by atoms with E-state index in [0.29, 0.717) is 0 Å². The Balaban J connectivity index is 2.50. The van der Waals surface area contributed by atoms with E-state index in [0.717, 1.165) is 11.1 Å². The van der Waals surface area contributed by atoms with Gasteiger partial charge in [-0.1, -0.05) is 30.3 Å². The predicted octanol–water partition coefficient (Wildman–Crippen LogP) is 3.66. The topological polar surface area (TPSA) is 26.0 Å². The number of halogens is 1. The van der Waals surface area contributed by atoms with E-state index in [1.54, 1.807) is 6.07 Å². The minimum absolute atomic E-state index is 0.256. The lowest BCUT2D eigenvalue weighted by atomic mass is 9.84. The van der Waals surface area contributed by atoms with Gasteiger partial charge in [0.05, 0.1) is 5.54 Å². The molecule has 2 aromatic rings. The van der Waals surface area contributed by atoms with Crippen LogP contribution in [0.2, 0.25) is 0 Å². The minimum Gasteiger partial charge on any atom is -0.318 e. The summed E-state index contributed by atoms with van der Waals surface area (Å²) < 4.78 is 13.3. The first kappa shape index (κ1) is 12.8. The number of rotatable bonds is 2. The molecule has 2 aromatic carbocycles. The van der Waals surface area contributed by atoms with Gasteiger partial charge < -0.3 is 5.73 Å². The van der Waals surface area contributed by atoms with Crippen LogP contribution in [0.4, 0.5) is 4.39 Å². The van der Waals surface area contributed by atoms with Crippen molar-refractivity contribution in [1.29, 1.82) is 0 Å². The summed E-state index contributed by atoms with van der Waals surface area (Å²) in [4.78, 5) is 0. The Labute approximate surface area is 107 Å². The van der Waals surface area contributed by atoms with E-state index in [1.807, 2.05) is 19.1 Å². The molecule has 18 heavy (non-hydrogen) atoms. The maximum atomic E-state index is 13.3. The minimum atomic E-state index is -0.680. The number of hydrogen-bond acceptors (Lipinski definition) is 1. The van der Waals surface area contributed by atoms with E-state index in [4.69, 9.17) is 5.73 Å². The van der Waals surface area contributed by atoms with Crippen LogP contribution in [-0.2, 0) is 5.54 Å². The van der Waals surface area contributed by atoms with Gasteiger partial charge in [-0.25, -0.2) is 4.39 Å². The first-order valence-electron chi connectivity index (χ1n) is 6.04. The van der Waals surface area contributed by atoms with Gasteiger partial charge in [-0.15, -0.1) is 0 Å². The second-order valence-corrected chi connectivity index (χ2v) is 5.01. The van der Waals surface area contributed by atoms with Crippen LogP contribution < -0.4 is 5.73 Å². The van der Waals surface area contributed by atoms with Crippen LogP contribution in [0.3, 0.4) is 0 Å². The molecule has 0 bridgehead atoms. The summed E-state index contributed by atoms with van der Waals surface area (Å²) >= 11 is 0. The van der Waals surface area contributed by atoms with Gasteiger partial charge in [0, 0.05) is 0 Å². The van der Waals surface area contributed by atoms with E-state index in [1.165, 1.54) is 23.3 Å². The van der Waals surface area contributed by atoms with Gasteiger partial charge in [-0.05, 0) is 55.2 Å². The van der Waals surface area contributed by atoms with E-state index < -0.39 is 5.54 Å². The number of hydrogen-bond donors (Lipinski definition) is 1. The van der Waals surface area contributed by atoms with Gasteiger partial charge in [0.25, 0.3) is 0 Å². The van der Waals surface area contributed by atoms with Crippen molar-refractivity contribution in [3.8, 4) is 0 Å². The lowest BCUT2D eigenvalue weighted by Gasteiger charge is -2.26. The van der Waals surface area contributed by atoms with E-state index in [-0.39, 0.29) is 5.82 Å². The van der Waals surface area contributed by atoms with Crippen molar-refractivity contribution in [2.75, 3.05) is 0 Å². The molecule has 1 atom stereocenters. The molecule has 0 aliphatic heterocycles. The lowest BCUT2D eigenvalue weighted by Crippen LogP contribution is -2.34. The molecule has 94 valence electrons. The van der Waals surface area contributed by atoms with Gasteiger partial charge in [0.2, 0.25) is 0 Å². The van der Waals surface area contributed by atoms with Gasteiger partial charge in [0.15, 0.2) is 0 Å². The smallest absolute Gasteiger partial charge is 0.123 e. The summed E-state index contributed by atoms with van der Waals surface area (Å²) in [5, 5.41) is 0. The Hall–Kier alpha value is -1.67. The summed E-state index contributed by atoms with van der Waals surface area (Å²) in [5.74, 6) is -0.256. The largest absolute Gasteiger partial charge is 0.318 e. The molecule has 0 saturated carbocycles. The number of aryl methyl sites for hydroxylation is 2. The van der Waals surface area contributed by atoms with Gasteiger partial charge >= 0.3 is 0 Å². The van der Waals surface area contributed by atoms with Crippen LogP contribution in [0, 0.1) is 19.7 Å². The van der Waals surface area contributed by atoms with Crippen LogP contribution in [-0.4, -0.2) is 0 Å². The molecule has 1 unspecified atom stereocenters. The molecule has 0 heterocycles. The molecular weight excluding hydrogens is 225 g/mol. The molecule has 1 nitrogen and oxygen atoms in total. The monoisotopic (exact) mass is 243 g/mol. The fourth-order valence-electron chi connectivity index (χ4n) is 2.04. The summed E-state index contributed by atoms with van der Waals surface area (Å²) in [6, 6.07) is 12.6. The van der Waals surface area contributed by atoms with Crippen molar-refractivity contribution in [3.05, 3.63) is 70.5 Å². The zero-order valence-electron chi connectivity index (χ0n) is 11.0. The van der Waals surface area contributed by atoms with Crippen molar-refractivity contribution < 1.29 is 4.39 Å². The maximum Gasteiger partial charge on any atom is 0.123 e. The standard InChI is InChI=1S/C16H18FN/c1-11-7-8-14(9-12(11)2)16(3,18)13-5-4-6-15(17)10-13/h4-10H,18H2,1-3H3. The molecule has 0 spiro atoms. The van der Waals surface area contributed by atoms with Gasteiger partial charge in [-0.2, -0.15) is 0 Å². The molecule has 0 radical (unpaired) electrons. The first-order valence-corrected chi connectivity index (χ1v) is 6.04. The average Bonchev–Trinajstić information content (AvgIpc) is 2.32. The highest BCUT2D eigenvalue weighted by Gasteiger charge is 2.24. The SMILES string of the molecule is Cc1ccc(C(C)(N)c2cccc(F)c2)cc1C. The molecule has 0 aromatic heterocycles. The molecule has 0 fully saturated rings.